The van der Waals surface area contributed by atoms with E-state index in [1.165, 1.54) is 27.3 Å². The summed E-state index contributed by atoms with van der Waals surface area (Å²) in [5.41, 5.74) is 6.13. The van der Waals surface area contributed by atoms with Gasteiger partial charge in [0.05, 0.1) is 5.69 Å². The van der Waals surface area contributed by atoms with Crippen LogP contribution in [-0.2, 0) is 5.41 Å². The van der Waals surface area contributed by atoms with E-state index in [2.05, 4.69) is 123 Å². The van der Waals surface area contributed by atoms with E-state index in [1.807, 2.05) is 6.20 Å². The van der Waals surface area contributed by atoms with Crippen LogP contribution in [0.1, 0.15) is 25.0 Å². The number of benzene rings is 5. The van der Waals surface area contributed by atoms with Gasteiger partial charge in [0.25, 0.3) is 0 Å². The number of para-hydroxylation sites is 1. The van der Waals surface area contributed by atoms with Gasteiger partial charge in [0.2, 0.25) is 0 Å². The van der Waals surface area contributed by atoms with Crippen molar-refractivity contribution < 1.29 is 4.42 Å². The van der Waals surface area contributed by atoms with Gasteiger partial charge >= 0.3 is 0 Å². The predicted molar refractivity (Wildman–Crippen MR) is 151 cm³/mol. The first-order chi connectivity index (χ1) is 17.6. The van der Waals surface area contributed by atoms with E-state index in [1.54, 1.807) is 0 Å². The normalized spacial score (nSPS) is 12.2. The molecule has 5 aromatic carbocycles. The number of rotatable bonds is 3. The van der Waals surface area contributed by atoms with E-state index in [-0.39, 0.29) is 5.41 Å². The first kappa shape index (κ1) is 20.9. The zero-order valence-electron chi connectivity index (χ0n) is 20.3. The van der Waals surface area contributed by atoms with E-state index in [0.717, 1.165) is 38.6 Å². The minimum absolute atomic E-state index is 0.141. The van der Waals surface area contributed by atoms with Crippen LogP contribution in [0.5, 0.6) is 0 Å². The molecule has 0 unspecified atom stereocenters. The Kier molecular flexibility index (Phi) is 4.52. The Hall–Kier alpha value is -4.43. The number of pyridine rings is 1. The fourth-order valence-electron chi connectivity index (χ4n) is 5.53. The molecule has 0 radical (unpaired) electrons. The molecule has 0 aliphatic carbocycles. The van der Waals surface area contributed by atoms with Crippen LogP contribution in [-0.4, -0.2) is 4.98 Å². The third-order valence-corrected chi connectivity index (χ3v) is 7.64. The van der Waals surface area contributed by atoms with Crippen molar-refractivity contribution >= 4 is 43.5 Å². The van der Waals surface area contributed by atoms with Gasteiger partial charge in [-0.05, 0) is 57.6 Å². The van der Waals surface area contributed by atoms with Crippen LogP contribution in [0, 0.1) is 0 Å². The van der Waals surface area contributed by atoms with Crippen molar-refractivity contribution in [1.82, 2.24) is 4.98 Å². The summed E-state index contributed by atoms with van der Waals surface area (Å²) >= 11 is 0. The van der Waals surface area contributed by atoms with Gasteiger partial charge in [-0.25, -0.2) is 0 Å². The van der Waals surface area contributed by atoms with Gasteiger partial charge in [-0.15, -0.1) is 0 Å². The molecular weight excluding hydrogens is 438 g/mol. The van der Waals surface area contributed by atoms with Crippen molar-refractivity contribution in [3.63, 3.8) is 0 Å². The molecule has 0 N–H and O–H groups in total. The van der Waals surface area contributed by atoms with E-state index >= 15 is 0 Å². The summed E-state index contributed by atoms with van der Waals surface area (Å²) in [6.07, 6.45) is 1.92. The molecular formula is C34H25NO. The van der Waals surface area contributed by atoms with Crippen molar-refractivity contribution in [2.45, 2.75) is 19.3 Å². The molecule has 0 bridgehead atoms. The molecule has 172 valence electrons. The Morgan fingerprint density at radius 2 is 1.25 bits per heavy atom. The zero-order chi connectivity index (χ0) is 24.3. The Balaban J connectivity index is 1.45. The van der Waals surface area contributed by atoms with Gasteiger partial charge < -0.3 is 4.42 Å². The second-order valence-corrected chi connectivity index (χ2v) is 10.0. The van der Waals surface area contributed by atoms with Gasteiger partial charge in [0, 0.05) is 33.3 Å². The van der Waals surface area contributed by atoms with Crippen molar-refractivity contribution in [2.75, 3.05) is 0 Å². The summed E-state index contributed by atoms with van der Waals surface area (Å²) in [5, 5.41) is 7.09. The zero-order valence-corrected chi connectivity index (χ0v) is 20.3. The third-order valence-electron chi connectivity index (χ3n) is 7.64. The molecule has 0 aliphatic rings. The highest BCUT2D eigenvalue weighted by molar-refractivity contribution is 6.21. The molecule has 7 rings (SSSR count). The Labute approximate surface area is 209 Å². The lowest BCUT2D eigenvalue weighted by atomic mass is 9.78. The standard InChI is InChI=1S/C34H25NO/c1-34(2,23-10-4-3-5-11-23)24-19-20-35-31(21-24)30-14-8-13-27-29-18-17-26-25-12-7-6-9-22(25)15-16-28(26)32(29)36-33(27)30/h3-21H,1-2H3. The van der Waals surface area contributed by atoms with Crippen LogP contribution >= 0.6 is 0 Å². The number of nitrogens with zero attached hydrogens (tertiary/aromatic N) is 1. The Morgan fingerprint density at radius 1 is 0.556 bits per heavy atom. The van der Waals surface area contributed by atoms with Crippen molar-refractivity contribution in [1.29, 1.82) is 0 Å². The highest BCUT2D eigenvalue weighted by atomic mass is 16.3. The molecule has 0 saturated heterocycles. The fourth-order valence-corrected chi connectivity index (χ4v) is 5.53. The topological polar surface area (TPSA) is 26.0 Å². The highest BCUT2D eigenvalue weighted by Gasteiger charge is 2.24. The van der Waals surface area contributed by atoms with Crippen LogP contribution in [0.15, 0.2) is 120 Å². The minimum Gasteiger partial charge on any atom is -0.455 e. The predicted octanol–water partition coefficient (Wildman–Crippen LogP) is 9.28. The van der Waals surface area contributed by atoms with E-state index < -0.39 is 0 Å². The summed E-state index contributed by atoms with van der Waals surface area (Å²) in [7, 11) is 0. The summed E-state index contributed by atoms with van der Waals surface area (Å²) in [4.78, 5) is 4.78. The summed E-state index contributed by atoms with van der Waals surface area (Å²) in [5.74, 6) is 0. The molecule has 0 amide bonds. The number of furan rings is 1. The minimum atomic E-state index is -0.141. The summed E-state index contributed by atoms with van der Waals surface area (Å²) < 4.78 is 6.67. The van der Waals surface area contributed by atoms with Crippen LogP contribution in [0.4, 0.5) is 0 Å². The Bertz CT molecular complexity index is 1910. The second kappa shape index (κ2) is 7.79. The molecule has 2 aromatic heterocycles. The lowest BCUT2D eigenvalue weighted by Crippen LogP contribution is -2.18. The van der Waals surface area contributed by atoms with Crippen LogP contribution in [0.25, 0.3) is 54.7 Å². The summed E-state index contributed by atoms with van der Waals surface area (Å²) in [6, 6.07) is 38.6. The molecule has 2 heterocycles. The van der Waals surface area contributed by atoms with Gasteiger partial charge in [-0.1, -0.05) is 92.7 Å². The highest BCUT2D eigenvalue weighted by Crippen LogP contribution is 2.40. The molecule has 0 spiro atoms. The van der Waals surface area contributed by atoms with E-state index in [0.29, 0.717) is 0 Å². The largest absolute Gasteiger partial charge is 0.455 e. The molecule has 0 atom stereocenters. The quantitative estimate of drug-likeness (QED) is 0.244. The van der Waals surface area contributed by atoms with Crippen LogP contribution in [0.3, 0.4) is 0 Å². The van der Waals surface area contributed by atoms with Crippen molar-refractivity contribution in [3.05, 3.63) is 127 Å². The summed E-state index contributed by atoms with van der Waals surface area (Å²) in [6.45, 7) is 4.53. The molecule has 0 fully saturated rings. The maximum absolute atomic E-state index is 6.67. The molecule has 0 aliphatic heterocycles. The molecule has 2 heteroatoms. The Morgan fingerprint density at radius 3 is 2.14 bits per heavy atom. The van der Waals surface area contributed by atoms with Gasteiger partial charge in [0.1, 0.15) is 11.2 Å². The average molecular weight is 464 g/mol. The molecule has 7 aromatic rings. The smallest absolute Gasteiger partial charge is 0.144 e. The SMILES string of the molecule is CC(C)(c1ccccc1)c1ccnc(-c2cccc3c2oc2c3ccc3c4ccccc4ccc32)c1. The lowest BCUT2D eigenvalue weighted by molar-refractivity contribution is 0.640. The van der Waals surface area contributed by atoms with Crippen molar-refractivity contribution in [2.24, 2.45) is 0 Å². The second-order valence-electron chi connectivity index (χ2n) is 10.0. The number of fused-ring (bicyclic) bond motifs is 7. The first-order valence-electron chi connectivity index (χ1n) is 12.4. The third kappa shape index (κ3) is 3.08. The van der Waals surface area contributed by atoms with Gasteiger partial charge in [-0.2, -0.15) is 0 Å². The maximum atomic E-state index is 6.67. The number of aromatic nitrogens is 1. The van der Waals surface area contributed by atoms with Crippen LogP contribution in [0.2, 0.25) is 0 Å². The van der Waals surface area contributed by atoms with E-state index in [4.69, 9.17) is 9.40 Å². The van der Waals surface area contributed by atoms with E-state index in [9.17, 15) is 0 Å². The van der Waals surface area contributed by atoms with Crippen molar-refractivity contribution in [3.8, 4) is 11.3 Å². The molecule has 36 heavy (non-hydrogen) atoms. The maximum Gasteiger partial charge on any atom is 0.144 e. The molecule has 0 saturated carbocycles. The lowest BCUT2D eigenvalue weighted by Gasteiger charge is -2.26. The van der Waals surface area contributed by atoms with Gasteiger partial charge in [0.15, 0.2) is 0 Å². The van der Waals surface area contributed by atoms with Crippen LogP contribution < -0.4 is 0 Å². The molecule has 2 nitrogen and oxygen atoms in total. The van der Waals surface area contributed by atoms with Gasteiger partial charge in [-0.3, -0.25) is 4.98 Å². The fraction of sp³-hybridized carbons (Fsp3) is 0.0882. The monoisotopic (exact) mass is 463 g/mol. The average Bonchev–Trinajstić information content (AvgIpc) is 3.33. The number of hydrogen-bond donors (Lipinski definition) is 0. The number of hydrogen-bond acceptors (Lipinski definition) is 2. The first-order valence-corrected chi connectivity index (χ1v) is 12.4.